The Kier molecular flexibility index (Phi) is 7.11. The standard InChI is InChI=1S/C19H20ClF2N5O3S.ClH/c1-2-23-19(28)27-5-3-26(4-6-27)18-12-9-31(29,30)10-16(12)24-17(25-18)11-7-15(22)13(20)8-14(11)21;/h7-8H,2-6,9-10H2,1H3,(H,23,28);1H. The summed E-state index contributed by atoms with van der Waals surface area (Å²) in [5.74, 6) is -1.88. The third-order valence-corrected chi connectivity index (χ3v) is 6.97. The van der Waals surface area contributed by atoms with Crippen molar-refractivity contribution < 1.29 is 22.0 Å². The van der Waals surface area contributed by atoms with Gasteiger partial charge in [-0.1, -0.05) is 11.6 Å². The number of fused-ring (bicyclic) bond motifs is 1. The van der Waals surface area contributed by atoms with Crippen molar-refractivity contribution in [3.63, 3.8) is 0 Å². The van der Waals surface area contributed by atoms with E-state index in [4.69, 9.17) is 11.6 Å². The normalized spacial score (nSPS) is 17.0. The van der Waals surface area contributed by atoms with E-state index in [0.29, 0.717) is 44.1 Å². The monoisotopic (exact) mass is 507 g/mol. The number of piperazine rings is 1. The second-order valence-corrected chi connectivity index (χ2v) is 9.86. The average molecular weight is 508 g/mol. The van der Waals surface area contributed by atoms with Crippen LogP contribution in [0.15, 0.2) is 12.1 Å². The number of halogens is 4. The number of sulfone groups is 1. The van der Waals surface area contributed by atoms with Gasteiger partial charge in [0.05, 0.1) is 27.8 Å². The van der Waals surface area contributed by atoms with E-state index >= 15 is 0 Å². The number of hydrogen-bond acceptors (Lipinski definition) is 6. The molecule has 1 N–H and O–H groups in total. The predicted molar refractivity (Wildman–Crippen MR) is 119 cm³/mol. The number of carbonyl (C=O) groups excluding carboxylic acids is 1. The van der Waals surface area contributed by atoms with Crippen LogP contribution in [0.4, 0.5) is 19.4 Å². The van der Waals surface area contributed by atoms with Crippen molar-refractivity contribution in [2.75, 3.05) is 37.6 Å². The summed E-state index contributed by atoms with van der Waals surface area (Å²) in [5.41, 5.74) is 0.544. The summed E-state index contributed by atoms with van der Waals surface area (Å²) in [5, 5.41) is 2.38. The van der Waals surface area contributed by atoms with E-state index in [0.717, 1.165) is 12.1 Å². The number of amides is 2. The largest absolute Gasteiger partial charge is 0.353 e. The van der Waals surface area contributed by atoms with Crippen LogP contribution in [0, 0.1) is 11.6 Å². The number of rotatable bonds is 3. The van der Waals surface area contributed by atoms with Crippen LogP contribution in [-0.4, -0.2) is 62.0 Å². The van der Waals surface area contributed by atoms with Crippen LogP contribution >= 0.6 is 24.0 Å². The molecule has 174 valence electrons. The van der Waals surface area contributed by atoms with Gasteiger partial charge in [0.25, 0.3) is 0 Å². The summed E-state index contributed by atoms with van der Waals surface area (Å²) in [6.07, 6.45) is 0. The summed E-state index contributed by atoms with van der Waals surface area (Å²) < 4.78 is 53.0. The number of carbonyl (C=O) groups is 1. The van der Waals surface area contributed by atoms with Crippen LogP contribution in [-0.2, 0) is 21.3 Å². The first-order chi connectivity index (χ1) is 14.7. The molecule has 0 spiro atoms. The number of hydrogen-bond donors (Lipinski definition) is 1. The zero-order valence-electron chi connectivity index (χ0n) is 17.1. The summed E-state index contributed by atoms with van der Waals surface area (Å²) in [7, 11) is -3.41. The molecule has 2 aromatic rings. The lowest BCUT2D eigenvalue weighted by atomic mass is 10.1. The van der Waals surface area contributed by atoms with E-state index in [9.17, 15) is 22.0 Å². The van der Waals surface area contributed by atoms with Gasteiger partial charge >= 0.3 is 6.03 Å². The Bertz CT molecular complexity index is 1160. The number of nitrogens with one attached hydrogen (secondary N) is 1. The second-order valence-electron chi connectivity index (χ2n) is 7.38. The Balaban J connectivity index is 0.00000289. The Morgan fingerprint density at radius 3 is 2.47 bits per heavy atom. The molecular weight excluding hydrogens is 487 g/mol. The van der Waals surface area contributed by atoms with Gasteiger partial charge in [0.15, 0.2) is 15.7 Å². The number of anilines is 1. The zero-order chi connectivity index (χ0) is 22.3. The van der Waals surface area contributed by atoms with E-state index in [-0.39, 0.29) is 52.0 Å². The number of aromatic nitrogens is 2. The molecule has 0 aliphatic carbocycles. The van der Waals surface area contributed by atoms with Crippen LogP contribution in [0.2, 0.25) is 5.02 Å². The highest BCUT2D eigenvalue weighted by Crippen LogP contribution is 2.35. The van der Waals surface area contributed by atoms with Gasteiger partial charge in [-0.2, -0.15) is 0 Å². The fraction of sp³-hybridized carbons (Fsp3) is 0.421. The molecule has 8 nitrogen and oxygen atoms in total. The number of nitrogens with zero attached hydrogens (tertiary/aromatic N) is 4. The van der Waals surface area contributed by atoms with Crippen LogP contribution in [0.1, 0.15) is 18.2 Å². The highest BCUT2D eigenvalue weighted by atomic mass is 35.5. The molecule has 2 aliphatic rings. The van der Waals surface area contributed by atoms with Crippen molar-refractivity contribution in [2.45, 2.75) is 18.4 Å². The zero-order valence-corrected chi connectivity index (χ0v) is 19.5. The van der Waals surface area contributed by atoms with Gasteiger partial charge < -0.3 is 15.1 Å². The smallest absolute Gasteiger partial charge is 0.317 e. The van der Waals surface area contributed by atoms with Crippen molar-refractivity contribution >= 4 is 45.7 Å². The van der Waals surface area contributed by atoms with Gasteiger partial charge in [-0.3, -0.25) is 0 Å². The van der Waals surface area contributed by atoms with Gasteiger partial charge in [-0.25, -0.2) is 32.0 Å². The van der Waals surface area contributed by atoms with Crippen molar-refractivity contribution in [2.24, 2.45) is 0 Å². The fourth-order valence-electron chi connectivity index (χ4n) is 3.72. The van der Waals surface area contributed by atoms with Crippen molar-refractivity contribution in [1.29, 1.82) is 0 Å². The summed E-state index contributed by atoms with van der Waals surface area (Å²) >= 11 is 5.64. The molecule has 0 bridgehead atoms. The molecule has 0 radical (unpaired) electrons. The molecule has 13 heteroatoms. The maximum atomic E-state index is 14.5. The molecule has 1 fully saturated rings. The van der Waals surface area contributed by atoms with Crippen LogP contribution in [0.5, 0.6) is 0 Å². The molecule has 1 aromatic carbocycles. The third kappa shape index (κ3) is 4.74. The Hall–Kier alpha value is -2.24. The number of urea groups is 1. The molecule has 0 unspecified atom stereocenters. The molecule has 1 saturated heterocycles. The molecule has 0 atom stereocenters. The molecule has 32 heavy (non-hydrogen) atoms. The quantitative estimate of drug-likeness (QED) is 0.641. The summed E-state index contributed by atoms with van der Waals surface area (Å²) in [6, 6.07) is 1.57. The molecule has 4 rings (SSSR count). The van der Waals surface area contributed by atoms with Gasteiger partial charge in [0, 0.05) is 38.3 Å². The minimum atomic E-state index is -3.41. The first kappa shape index (κ1) is 24.4. The van der Waals surface area contributed by atoms with Gasteiger partial charge in [0.2, 0.25) is 0 Å². The summed E-state index contributed by atoms with van der Waals surface area (Å²) in [4.78, 5) is 24.2. The Labute approximate surface area is 195 Å². The summed E-state index contributed by atoms with van der Waals surface area (Å²) in [6.45, 7) is 4.00. The Morgan fingerprint density at radius 1 is 1.12 bits per heavy atom. The minimum absolute atomic E-state index is 0. The van der Waals surface area contributed by atoms with Crippen LogP contribution < -0.4 is 10.2 Å². The first-order valence-corrected chi connectivity index (χ1v) is 11.9. The first-order valence-electron chi connectivity index (χ1n) is 9.71. The van der Waals surface area contributed by atoms with Crippen molar-refractivity contribution in [1.82, 2.24) is 20.2 Å². The van der Waals surface area contributed by atoms with E-state index in [1.807, 2.05) is 11.8 Å². The van der Waals surface area contributed by atoms with E-state index < -0.39 is 21.5 Å². The van der Waals surface area contributed by atoms with Gasteiger partial charge in [0.1, 0.15) is 17.5 Å². The Morgan fingerprint density at radius 2 is 1.81 bits per heavy atom. The molecule has 2 aliphatic heterocycles. The molecule has 1 aromatic heterocycles. The predicted octanol–water partition coefficient (Wildman–Crippen LogP) is 2.78. The molecule has 0 saturated carbocycles. The fourth-order valence-corrected chi connectivity index (χ4v) is 5.37. The van der Waals surface area contributed by atoms with Crippen molar-refractivity contribution in [3.05, 3.63) is 40.0 Å². The van der Waals surface area contributed by atoms with Crippen LogP contribution in [0.3, 0.4) is 0 Å². The number of benzene rings is 1. The second kappa shape index (κ2) is 9.32. The van der Waals surface area contributed by atoms with E-state index in [1.54, 1.807) is 4.90 Å². The maximum absolute atomic E-state index is 14.5. The maximum Gasteiger partial charge on any atom is 0.317 e. The van der Waals surface area contributed by atoms with Crippen LogP contribution in [0.25, 0.3) is 11.4 Å². The lowest BCUT2D eigenvalue weighted by Gasteiger charge is -2.36. The van der Waals surface area contributed by atoms with Crippen molar-refractivity contribution in [3.8, 4) is 11.4 Å². The minimum Gasteiger partial charge on any atom is -0.353 e. The highest BCUT2D eigenvalue weighted by molar-refractivity contribution is 7.90. The lowest BCUT2D eigenvalue weighted by Crippen LogP contribution is -2.52. The highest BCUT2D eigenvalue weighted by Gasteiger charge is 2.34. The van der Waals surface area contributed by atoms with E-state index in [1.165, 1.54) is 0 Å². The topological polar surface area (TPSA) is 95.5 Å². The van der Waals surface area contributed by atoms with Gasteiger partial charge in [-0.05, 0) is 19.1 Å². The van der Waals surface area contributed by atoms with Gasteiger partial charge in [-0.15, -0.1) is 12.4 Å². The molecule has 3 heterocycles. The average Bonchev–Trinajstić information content (AvgIpc) is 3.04. The molecule has 2 amide bonds. The SMILES string of the molecule is CCNC(=O)N1CCN(c2nc(-c3cc(F)c(Cl)cc3F)nc3c2CS(=O)(=O)C3)CC1.Cl. The van der Waals surface area contributed by atoms with E-state index in [2.05, 4.69) is 15.3 Å². The lowest BCUT2D eigenvalue weighted by molar-refractivity contribution is 0.195. The molecular formula is C19H21Cl2F2N5O3S. The third-order valence-electron chi connectivity index (χ3n) is 5.24.